The summed E-state index contributed by atoms with van der Waals surface area (Å²) in [4.78, 5) is 31.4. The molecule has 2 aromatic heterocycles. The number of ether oxygens (including phenoxy) is 1. The number of rotatable bonds is 2. The fraction of sp³-hybridized carbons (Fsp3) is 0.417. The van der Waals surface area contributed by atoms with Crippen LogP contribution in [-0.2, 0) is 4.74 Å². The number of aliphatic hydroxyl groups is 3. The highest BCUT2D eigenvalue weighted by Crippen LogP contribution is 2.34. The van der Waals surface area contributed by atoms with Gasteiger partial charge >= 0.3 is 5.69 Å². The number of aliphatic hydroxyl groups excluding tert-OH is 3. The summed E-state index contributed by atoms with van der Waals surface area (Å²) in [6.45, 7) is -0.479. The molecule has 0 spiro atoms. The van der Waals surface area contributed by atoms with Crippen molar-refractivity contribution in [1.82, 2.24) is 15.0 Å². The van der Waals surface area contributed by atoms with Crippen molar-refractivity contribution in [3.8, 4) is 0 Å². The topological polar surface area (TPSA) is 149 Å². The van der Waals surface area contributed by atoms with Crippen LogP contribution in [0.15, 0.2) is 21.7 Å². The first kappa shape index (κ1) is 13.9. The molecule has 9 heteroatoms. The van der Waals surface area contributed by atoms with Gasteiger partial charge in [-0.15, -0.1) is 0 Å². The van der Waals surface area contributed by atoms with E-state index < -0.39 is 42.3 Å². The van der Waals surface area contributed by atoms with Gasteiger partial charge in [-0.05, 0) is 6.07 Å². The highest BCUT2D eigenvalue weighted by atomic mass is 16.6. The summed E-state index contributed by atoms with van der Waals surface area (Å²) in [5.41, 5.74) is -0.892. The van der Waals surface area contributed by atoms with Gasteiger partial charge in [-0.1, -0.05) is 0 Å². The van der Waals surface area contributed by atoms with Crippen LogP contribution in [0.5, 0.6) is 0 Å². The number of nitrogens with one attached hydrogen (secondary N) is 2. The third-order valence-corrected chi connectivity index (χ3v) is 3.46. The predicted octanol–water partition coefficient (Wildman–Crippen LogP) is -2.23. The van der Waals surface area contributed by atoms with Crippen LogP contribution in [0.3, 0.4) is 0 Å². The van der Waals surface area contributed by atoms with E-state index in [4.69, 9.17) is 9.84 Å². The van der Waals surface area contributed by atoms with E-state index in [1.807, 2.05) is 0 Å². The second kappa shape index (κ2) is 5.04. The molecule has 2 aromatic rings. The molecule has 4 atom stereocenters. The van der Waals surface area contributed by atoms with Gasteiger partial charge in [0.1, 0.15) is 30.1 Å². The molecule has 0 amide bonds. The Bertz CT molecular complexity index is 779. The van der Waals surface area contributed by atoms with Crippen LogP contribution >= 0.6 is 0 Å². The van der Waals surface area contributed by atoms with Crippen molar-refractivity contribution in [2.24, 2.45) is 0 Å². The third-order valence-electron chi connectivity index (χ3n) is 3.46. The monoisotopic (exact) mass is 295 g/mol. The molecule has 0 aliphatic carbocycles. The Morgan fingerprint density at radius 2 is 1.95 bits per heavy atom. The smallest absolute Gasteiger partial charge is 0.346 e. The normalized spacial score (nSPS) is 29.1. The minimum Gasteiger partial charge on any atom is -0.394 e. The molecular formula is C12H13N3O6. The van der Waals surface area contributed by atoms with Gasteiger partial charge in [0.15, 0.2) is 0 Å². The molecule has 1 aliphatic rings. The van der Waals surface area contributed by atoms with Gasteiger partial charge < -0.3 is 25.0 Å². The molecular weight excluding hydrogens is 282 g/mol. The van der Waals surface area contributed by atoms with Crippen LogP contribution in [0.4, 0.5) is 0 Å². The summed E-state index contributed by atoms with van der Waals surface area (Å²) in [6.07, 6.45) is -4.68. The molecule has 112 valence electrons. The summed E-state index contributed by atoms with van der Waals surface area (Å²) < 4.78 is 5.36. The third kappa shape index (κ3) is 2.25. The summed E-state index contributed by atoms with van der Waals surface area (Å²) in [5.74, 6) is 0. The lowest BCUT2D eigenvalue weighted by molar-refractivity contribution is -0.0235. The summed E-state index contributed by atoms with van der Waals surface area (Å²) in [5, 5.41) is 29.2. The van der Waals surface area contributed by atoms with Crippen molar-refractivity contribution in [3.63, 3.8) is 0 Å². The molecule has 3 rings (SSSR count). The molecule has 0 radical (unpaired) electrons. The zero-order chi connectivity index (χ0) is 15.1. The number of hydrogen-bond acceptors (Lipinski definition) is 7. The molecule has 9 nitrogen and oxygen atoms in total. The molecule has 1 fully saturated rings. The first-order valence-electron chi connectivity index (χ1n) is 6.27. The van der Waals surface area contributed by atoms with Gasteiger partial charge in [0.2, 0.25) is 5.56 Å². The molecule has 5 N–H and O–H groups in total. The van der Waals surface area contributed by atoms with E-state index in [0.717, 1.165) is 0 Å². The summed E-state index contributed by atoms with van der Waals surface area (Å²) in [6, 6.07) is 2.67. The largest absolute Gasteiger partial charge is 0.394 e. The molecule has 1 aliphatic heterocycles. The molecule has 0 saturated carbocycles. The molecule has 0 aromatic carbocycles. The predicted molar refractivity (Wildman–Crippen MR) is 69.7 cm³/mol. The maximum atomic E-state index is 11.6. The van der Waals surface area contributed by atoms with Gasteiger partial charge in [-0.3, -0.25) is 9.78 Å². The summed E-state index contributed by atoms with van der Waals surface area (Å²) in [7, 11) is 0. The van der Waals surface area contributed by atoms with Crippen molar-refractivity contribution >= 4 is 11.0 Å². The Balaban J connectivity index is 2.17. The van der Waals surface area contributed by atoms with Crippen molar-refractivity contribution in [1.29, 1.82) is 0 Å². The highest BCUT2D eigenvalue weighted by Gasteiger charge is 2.44. The van der Waals surface area contributed by atoms with Gasteiger partial charge in [-0.25, -0.2) is 4.79 Å². The highest BCUT2D eigenvalue weighted by molar-refractivity contribution is 5.77. The average Bonchev–Trinajstić information content (AvgIpc) is 2.73. The quantitative estimate of drug-likeness (QED) is 0.421. The van der Waals surface area contributed by atoms with Crippen molar-refractivity contribution < 1.29 is 20.1 Å². The van der Waals surface area contributed by atoms with Crippen molar-refractivity contribution in [2.75, 3.05) is 6.61 Å². The van der Waals surface area contributed by atoms with Crippen LogP contribution in [0, 0.1) is 0 Å². The van der Waals surface area contributed by atoms with E-state index in [-0.39, 0.29) is 11.3 Å². The minimum absolute atomic E-state index is 0.0903. The van der Waals surface area contributed by atoms with Gasteiger partial charge in [0, 0.05) is 11.5 Å². The second-order valence-corrected chi connectivity index (χ2v) is 4.80. The SMILES string of the molecule is O=c1ccc2c([C@@H]3O[C@H](CO)[C@@H](O)[C@H]3O)nc(=O)[nH]c2[nH]1. The Kier molecular flexibility index (Phi) is 3.33. The van der Waals surface area contributed by atoms with E-state index in [1.54, 1.807) is 0 Å². The molecule has 3 heterocycles. The first-order valence-corrected chi connectivity index (χ1v) is 6.27. The van der Waals surface area contributed by atoms with Crippen LogP contribution in [0.1, 0.15) is 11.8 Å². The van der Waals surface area contributed by atoms with Crippen molar-refractivity contribution in [2.45, 2.75) is 24.4 Å². The Labute approximate surface area is 116 Å². The molecule has 21 heavy (non-hydrogen) atoms. The summed E-state index contributed by atoms with van der Waals surface area (Å²) >= 11 is 0. The number of pyridine rings is 1. The standard InChI is InChI=1S/C12H13N3O6/c16-3-5-8(18)9(19)10(21-5)7-4-1-2-6(17)13-11(4)15-12(20)14-7/h1-2,5,8-10,16,18-19H,3H2,(H2,13,14,15,17,20)/t5-,8-,9-,10+/m1/s1. The number of fused-ring (bicyclic) bond motifs is 1. The lowest BCUT2D eigenvalue weighted by Crippen LogP contribution is -2.32. The minimum atomic E-state index is -1.34. The van der Waals surface area contributed by atoms with Crippen molar-refractivity contribution in [3.05, 3.63) is 38.7 Å². The molecule has 1 saturated heterocycles. The van der Waals surface area contributed by atoms with Gasteiger partial charge in [0.25, 0.3) is 0 Å². The van der Waals surface area contributed by atoms with E-state index >= 15 is 0 Å². The number of hydrogen-bond donors (Lipinski definition) is 5. The van der Waals surface area contributed by atoms with Crippen LogP contribution in [0.25, 0.3) is 11.0 Å². The Morgan fingerprint density at radius 3 is 2.62 bits per heavy atom. The van der Waals surface area contributed by atoms with Crippen LogP contribution in [-0.4, -0.2) is 55.2 Å². The fourth-order valence-corrected chi connectivity index (χ4v) is 2.43. The van der Waals surface area contributed by atoms with Crippen LogP contribution in [0.2, 0.25) is 0 Å². The number of nitrogens with zero attached hydrogens (tertiary/aromatic N) is 1. The molecule has 0 unspecified atom stereocenters. The zero-order valence-electron chi connectivity index (χ0n) is 10.7. The fourth-order valence-electron chi connectivity index (χ4n) is 2.43. The Hall–Kier alpha value is -2.07. The van der Waals surface area contributed by atoms with Gasteiger partial charge in [-0.2, -0.15) is 4.98 Å². The van der Waals surface area contributed by atoms with E-state index in [0.29, 0.717) is 5.39 Å². The Morgan fingerprint density at radius 1 is 1.19 bits per heavy atom. The lowest BCUT2D eigenvalue weighted by atomic mass is 10.0. The second-order valence-electron chi connectivity index (χ2n) is 4.80. The lowest BCUT2D eigenvalue weighted by Gasteiger charge is -2.15. The van der Waals surface area contributed by atoms with Crippen LogP contribution < -0.4 is 11.2 Å². The van der Waals surface area contributed by atoms with Gasteiger partial charge in [0.05, 0.1) is 12.3 Å². The maximum absolute atomic E-state index is 11.6. The maximum Gasteiger partial charge on any atom is 0.346 e. The van der Waals surface area contributed by atoms with E-state index in [9.17, 15) is 19.8 Å². The van der Waals surface area contributed by atoms with E-state index in [2.05, 4.69) is 15.0 Å². The average molecular weight is 295 g/mol. The first-order chi connectivity index (χ1) is 10.0. The van der Waals surface area contributed by atoms with E-state index in [1.165, 1.54) is 12.1 Å². The number of aromatic amines is 2. The number of aromatic nitrogens is 3. The number of H-pyrrole nitrogens is 2. The molecule has 0 bridgehead atoms. The zero-order valence-corrected chi connectivity index (χ0v) is 10.7.